The van der Waals surface area contributed by atoms with Crippen LogP contribution in [0.3, 0.4) is 0 Å². The van der Waals surface area contributed by atoms with Crippen molar-refractivity contribution in [2.24, 2.45) is 5.73 Å². The predicted molar refractivity (Wildman–Crippen MR) is 61.3 cm³/mol. The SMILES string of the molecule is COc1cc(CC(C)(C)N)cc(C#N)c1O. The number of ether oxygens (including phenoxy) is 1. The molecule has 0 bridgehead atoms. The Morgan fingerprint density at radius 2 is 2.12 bits per heavy atom. The van der Waals surface area contributed by atoms with E-state index in [4.69, 9.17) is 15.7 Å². The van der Waals surface area contributed by atoms with E-state index in [1.165, 1.54) is 7.11 Å². The Morgan fingerprint density at radius 3 is 2.56 bits per heavy atom. The molecule has 0 aromatic heterocycles. The van der Waals surface area contributed by atoms with E-state index in [2.05, 4.69) is 0 Å². The Bertz CT molecular complexity index is 428. The maximum atomic E-state index is 9.63. The molecule has 1 aromatic rings. The minimum Gasteiger partial charge on any atom is -0.503 e. The fraction of sp³-hybridized carbons (Fsp3) is 0.417. The van der Waals surface area contributed by atoms with Gasteiger partial charge >= 0.3 is 0 Å². The number of hydrogen-bond acceptors (Lipinski definition) is 4. The van der Waals surface area contributed by atoms with E-state index in [1.807, 2.05) is 19.9 Å². The summed E-state index contributed by atoms with van der Waals surface area (Å²) in [5.41, 5.74) is 6.62. The second-order valence-electron chi connectivity index (χ2n) is 4.47. The first-order valence-corrected chi connectivity index (χ1v) is 4.96. The first kappa shape index (κ1) is 12.3. The number of nitrogens with two attached hydrogens (primary N) is 1. The van der Waals surface area contributed by atoms with Gasteiger partial charge in [0.25, 0.3) is 0 Å². The first-order chi connectivity index (χ1) is 7.37. The molecule has 0 amide bonds. The van der Waals surface area contributed by atoms with Crippen molar-refractivity contribution in [3.05, 3.63) is 23.3 Å². The lowest BCUT2D eigenvalue weighted by molar-refractivity contribution is 0.371. The van der Waals surface area contributed by atoms with Crippen LogP contribution in [0.2, 0.25) is 0 Å². The van der Waals surface area contributed by atoms with Crippen LogP contribution in [-0.4, -0.2) is 17.8 Å². The first-order valence-electron chi connectivity index (χ1n) is 4.96. The molecule has 0 heterocycles. The Kier molecular flexibility index (Phi) is 3.41. The number of hydrogen-bond donors (Lipinski definition) is 2. The Labute approximate surface area is 95.3 Å². The Morgan fingerprint density at radius 1 is 1.50 bits per heavy atom. The molecule has 0 saturated carbocycles. The van der Waals surface area contributed by atoms with Crippen molar-refractivity contribution in [3.63, 3.8) is 0 Å². The lowest BCUT2D eigenvalue weighted by Crippen LogP contribution is -2.34. The number of nitrogens with zero attached hydrogens (tertiary/aromatic N) is 1. The van der Waals surface area contributed by atoms with Crippen molar-refractivity contribution in [3.8, 4) is 17.6 Å². The monoisotopic (exact) mass is 220 g/mol. The molecular formula is C12H16N2O2. The predicted octanol–water partition coefficient (Wildman–Crippen LogP) is 1.55. The van der Waals surface area contributed by atoms with Crippen LogP contribution >= 0.6 is 0 Å². The van der Waals surface area contributed by atoms with E-state index in [9.17, 15) is 5.11 Å². The third-order valence-electron chi connectivity index (χ3n) is 2.13. The van der Waals surface area contributed by atoms with Gasteiger partial charge in [0.15, 0.2) is 11.5 Å². The second-order valence-corrected chi connectivity index (χ2v) is 4.47. The summed E-state index contributed by atoms with van der Waals surface area (Å²) < 4.78 is 5.00. The van der Waals surface area contributed by atoms with Gasteiger partial charge in [-0.15, -0.1) is 0 Å². The second kappa shape index (κ2) is 4.42. The van der Waals surface area contributed by atoms with Gasteiger partial charge in [0.1, 0.15) is 6.07 Å². The third kappa shape index (κ3) is 2.88. The van der Waals surface area contributed by atoms with Gasteiger partial charge in [-0.25, -0.2) is 0 Å². The van der Waals surface area contributed by atoms with Crippen molar-refractivity contribution < 1.29 is 9.84 Å². The number of benzene rings is 1. The van der Waals surface area contributed by atoms with Crippen molar-refractivity contribution in [1.29, 1.82) is 5.26 Å². The van der Waals surface area contributed by atoms with Gasteiger partial charge in [-0.2, -0.15) is 5.26 Å². The van der Waals surface area contributed by atoms with Gasteiger partial charge in [-0.05, 0) is 38.0 Å². The average Bonchev–Trinajstić information content (AvgIpc) is 2.18. The quantitative estimate of drug-likeness (QED) is 0.810. The van der Waals surface area contributed by atoms with Gasteiger partial charge < -0.3 is 15.6 Å². The summed E-state index contributed by atoms with van der Waals surface area (Å²) in [6.07, 6.45) is 0.609. The number of nitriles is 1. The third-order valence-corrected chi connectivity index (χ3v) is 2.13. The Balaban J connectivity index is 3.19. The maximum Gasteiger partial charge on any atom is 0.175 e. The molecule has 0 atom stereocenters. The maximum absolute atomic E-state index is 9.63. The highest BCUT2D eigenvalue weighted by Crippen LogP contribution is 2.31. The van der Waals surface area contributed by atoms with Crippen molar-refractivity contribution in [2.45, 2.75) is 25.8 Å². The molecule has 0 fully saturated rings. The van der Waals surface area contributed by atoms with E-state index >= 15 is 0 Å². The van der Waals surface area contributed by atoms with Crippen molar-refractivity contribution >= 4 is 0 Å². The minimum atomic E-state index is -0.366. The lowest BCUT2D eigenvalue weighted by Gasteiger charge is -2.19. The molecule has 1 aromatic carbocycles. The van der Waals surface area contributed by atoms with Gasteiger partial charge in [0.2, 0.25) is 0 Å². The summed E-state index contributed by atoms with van der Waals surface area (Å²) in [6, 6.07) is 5.26. The normalized spacial score (nSPS) is 10.9. The molecular weight excluding hydrogens is 204 g/mol. The number of methoxy groups -OCH3 is 1. The zero-order valence-corrected chi connectivity index (χ0v) is 9.74. The summed E-state index contributed by atoms with van der Waals surface area (Å²) in [5, 5.41) is 18.5. The van der Waals surface area contributed by atoms with Crippen LogP contribution in [0.4, 0.5) is 0 Å². The van der Waals surface area contributed by atoms with Gasteiger partial charge in [-0.1, -0.05) is 0 Å². The zero-order chi connectivity index (χ0) is 12.3. The smallest absolute Gasteiger partial charge is 0.175 e. The van der Waals surface area contributed by atoms with Crippen molar-refractivity contribution in [2.75, 3.05) is 7.11 Å². The van der Waals surface area contributed by atoms with Crippen LogP contribution in [0, 0.1) is 11.3 Å². The summed E-state index contributed by atoms with van der Waals surface area (Å²) in [6.45, 7) is 3.80. The summed E-state index contributed by atoms with van der Waals surface area (Å²) in [7, 11) is 1.45. The number of phenols is 1. The van der Waals surface area contributed by atoms with E-state index in [-0.39, 0.29) is 16.9 Å². The van der Waals surface area contributed by atoms with E-state index in [0.29, 0.717) is 12.2 Å². The fourth-order valence-corrected chi connectivity index (χ4v) is 1.53. The summed E-state index contributed by atoms with van der Waals surface area (Å²) in [4.78, 5) is 0. The average molecular weight is 220 g/mol. The highest BCUT2D eigenvalue weighted by Gasteiger charge is 2.16. The van der Waals surface area contributed by atoms with E-state index < -0.39 is 0 Å². The molecule has 0 unspecified atom stereocenters. The molecule has 0 saturated heterocycles. The lowest BCUT2D eigenvalue weighted by atomic mass is 9.95. The van der Waals surface area contributed by atoms with Crippen molar-refractivity contribution in [1.82, 2.24) is 0 Å². The zero-order valence-electron chi connectivity index (χ0n) is 9.74. The molecule has 0 aliphatic rings. The van der Waals surface area contributed by atoms with Crippen LogP contribution in [0.15, 0.2) is 12.1 Å². The molecule has 1 rings (SSSR count). The molecule has 4 nitrogen and oxygen atoms in total. The number of phenolic OH excluding ortho intramolecular Hbond substituents is 1. The summed E-state index contributed by atoms with van der Waals surface area (Å²) in [5.74, 6) is 0.182. The largest absolute Gasteiger partial charge is 0.503 e. The molecule has 0 radical (unpaired) electrons. The summed E-state index contributed by atoms with van der Waals surface area (Å²) >= 11 is 0. The molecule has 0 spiro atoms. The minimum absolute atomic E-state index is 0.122. The van der Waals surface area contributed by atoms with Gasteiger partial charge in [0, 0.05) is 5.54 Å². The van der Waals surface area contributed by atoms with Crippen LogP contribution in [0.5, 0.6) is 11.5 Å². The van der Waals surface area contributed by atoms with Gasteiger partial charge in [0.05, 0.1) is 12.7 Å². The Hall–Kier alpha value is -1.73. The molecule has 0 aliphatic heterocycles. The molecule has 4 heteroatoms. The standard InChI is InChI=1S/C12H16N2O2/c1-12(2,14)6-8-4-9(7-13)11(15)10(5-8)16-3/h4-5,15H,6,14H2,1-3H3. The van der Waals surface area contributed by atoms with E-state index in [1.54, 1.807) is 12.1 Å². The molecule has 16 heavy (non-hydrogen) atoms. The van der Waals surface area contributed by atoms with Crippen LogP contribution in [-0.2, 0) is 6.42 Å². The van der Waals surface area contributed by atoms with Gasteiger partial charge in [-0.3, -0.25) is 0 Å². The van der Waals surface area contributed by atoms with E-state index in [0.717, 1.165) is 5.56 Å². The van der Waals surface area contributed by atoms with Crippen LogP contribution < -0.4 is 10.5 Å². The highest BCUT2D eigenvalue weighted by molar-refractivity contribution is 5.54. The number of rotatable bonds is 3. The topological polar surface area (TPSA) is 79.3 Å². The highest BCUT2D eigenvalue weighted by atomic mass is 16.5. The fourth-order valence-electron chi connectivity index (χ4n) is 1.53. The van der Waals surface area contributed by atoms with Crippen LogP contribution in [0.25, 0.3) is 0 Å². The molecule has 3 N–H and O–H groups in total. The molecule has 86 valence electrons. The number of aromatic hydroxyl groups is 1. The molecule has 0 aliphatic carbocycles. The van der Waals surface area contributed by atoms with Crippen LogP contribution in [0.1, 0.15) is 25.0 Å².